The van der Waals surface area contributed by atoms with Crippen LogP contribution >= 0.6 is 8.60 Å². The van der Waals surface area contributed by atoms with Gasteiger partial charge in [-0.3, -0.25) is 4.79 Å². The lowest BCUT2D eigenvalue weighted by Gasteiger charge is -2.37. The van der Waals surface area contributed by atoms with Crippen LogP contribution in [0.15, 0.2) is 35.3 Å². The largest absolute Gasteiger partial charge is 0.505 e. The minimum absolute atomic E-state index is 0. The van der Waals surface area contributed by atoms with E-state index in [4.69, 9.17) is 18.3 Å². The van der Waals surface area contributed by atoms with Crippen molar-refractivity contribution in [3.05, 3.63) is 35.3 Å². The van der Waals surface area contributed by atoms with Gasteiger partial charge in [-0.15, -0.1) is 0 Å². The number of rotatable bonds is 8. The summed E-state index contributed by atoms with van der Waals surface area (Å²) < 4.78 is 21.3. The molecule has 0 spiro atoms. The number of allylic oxidation sites excluding steroid dienone is 2. The Morgan fingerprint density at radius 1 is 1.30 bits per heavy atom. The lowest BCUT2D eigenvalue weighted by molar-refractivity contribution is -0.142. The number of hydrogen-bond acceptors (Lipinski definition) is 8. The van der Waals surface area contributed by atoms with Gasteiger partial charge in [0, 0.05) is 13.5 Å². The number of cyclic esters (lactones) is 1. The van der Waals surface area contributed by atoms with Gasteiger partial charge in [0.25, 0.3) is 0 Å². The fraction of sp³-hybridized carbons (Fsp3) is 0.619. The van der Waals surface area contributed by atoms with E-state index in [0.717, 1.165) is 5.57 Å². The Morgan fingerprint density at radius 2 is 1.90 bits per heavy atom. The van der Waals surface area contributed by atoms with Crippen molar-refractivity contribution in [2.75, 3.05) is 13.7 Å². The van der Waals surface area contributed by atoms with Crippen molar-refractivity contribution in [3.8, 4) is 0 Å². The van der Waals surface area contributed by atoms with E-state index in [1.807, 2.05) is 27.7 Å². The summed E-state index contributed by atoms with van der Waals surface area (Å²) in [6, 6.07) is 0. The number of ketones is 1. The Balaban J connectivity index is 0.00000272. The van der Waals surface area contributed by atoms with Crippen LogP contribution < -0.4 is 0 Å². The van der Waals surface area contributed by atoms with Crippen molar-refractivity contribution in [2.45, 2.75) is 67.1 Å². The first kappa shape index (κ1) is 28.3. The zero-order chi connectivity index (χ0) is 22.4. The molecule has 0 amide bonds. The fourth-order valence-corrected chi connectivity index (χ4v) is 4.11. The van der Waals surface area contributed by atoms with Gasteiger partial charge in [-0.2, -0.15) is 0 Å². The molecule has 0 aromatic heterocycles. The molecular weight excluding hydrogens is 411 g/mol. The molecule has 8 nitrogen and oxygen atoms in total. The molecule has 2 rings (SSSR count). The van der Waals surface area contributed by atoms with Crippen LogP contribution in [0, 0.1) is 5.41 Å². The molecule has 3 atom stereocenters. The molecule has 9 heteroatoms. The van der Waals surface area contributed by atoms with Crippen LogP contribution in [0.2, 0.25) is 0 Å². The van der Waals surface area contributed by atoms with Crippen molar-refractivity contribution < 1.29 is 38.1 Å². The highest BCUT2D eigenvalue weighted by molar-refractivity contribution is 7.41. The van der Waals surface area contributed by atoms with Crippen LogP contribution in [-0.2, 0) is 27.9 Å². The molecule has 0 fully saturated rings. The highest BCUT2D eigenvalue weighted by Gasteiger charge is 2.40. The number of ether oxygens (including phenoxy) is 1. The minimum Gasteiger partial charge on any atom is -0.505 e. The Kier molecular flexibility index (Phi) is 11.5. The summed E-state index contributed by atoms with van der Waals surface area (Å²) in [7, 11) is -0.410. The normalized spacial score (nSPS) is 23.9. The molecule has 2 aliphatic rings. The Hall–Kier alpha value is -1.73. The zero-order valence-electron chi connectivity index (χ0n) is 17.9. The van der Waals surface area contributed by atoms with E-state index in [1.54, 1.807) is 13.0 Å². The first-order valence-electron chi connectivity index (χ1n) is 9.47. The molecule has 30 heavy (non-hydrogen) atoms. The Labute approximate surface area is 180 Å². The first-order valence-corrected chi connectivity index (χ1v) is 10.6. The van der Waals surface area contributed by atoms with Crippen LogP contribution in [0.25, 0.3) is 0 Å². The summed E-state index contributed by atoms with van der Waals surface area (Å²) in [6.07, 6.45) is 0.611. The van der Waals surface area contributed by atoms with Crippen molar-refractivity contribution in [1.82, 2.24) is 0 Å². The fourth-order valence-electron chi connectivity index (χ4n) is 3.22. The van der Waals surface area contributed by atoms with E-state index in [-0.39, 0.29) is 31.7 Å². The van der Waals surface area contributed by atoms with Crippen molar-refractivity contribution in [3.63, 3.8) is 0 Å². The first-order chi connectivity index (χ1) is 13.6. The summed E-state index contributed by atoms with van der Waals surface area (Å²) in [5, 5.41) is 18.9. The average Bonchev–Trinajstić information content (AvgIpc) is 2.93. The highest BCUT2D eigenvalue weighted by atomic mass is 31.2. The van der Waals surface area contributed by atoms with E-state index in [1.165, 1.54) is 7.11 Å². The second-order valence-corrected chi connectivity index (χ2v) is 8.23. The van der Waals surface area contributed by atoms with Crippen LogP contribution in [0.1, 0.15) is 54.9 Å². The third-order valence-corrected chi connectivity index (χ3v) is 5.74. The van der Waals surface area contributed by atoms with Gasteiger partial charge in [-0.05, 0) is 29.9 Å². The third-order valence-electron chi connectivity index (χ3n) is 4.62. The predicted molar refractivity (Wildman–Crippen MR) is 116 cm³/mol. The van der Waals surface area contributed by atoms with Gasteiger partial charge in [-0.25, -0.2) is 4.79 Å². The molecule has 0 saturated heterocycles. The second kappa shape index (κ2) is 12.2. The van der Waals surface area contributed by atoms with E-state index < -0.39 is 38.3 Å². The standard InChI is InChI=1S/C18H25O8P.C2H6.CH4/c1-6-11-10(2)14(19)13(9-18(11,3)4)26-27(23-5)24-8-7-12-15(20)16(21)17(22)25-12;1-2;/h6,12-13,20-21H,1,7-9H2,2-5H3;1-2H3;1H4. The SMILES string of the molecule is C.C=CC1=C(C)C(=O)C(OP(OC)OCCC2OC(=O)C(O)=C2O)CC1(C)C.CC. The number of aliphatic hydroxyl groups excluding tert-OH is 2. The molecule has 0 aromatic rings. The van der Waals surface area contributed by atoms with E-state index in [2.05, 4.69) is 6.58 Å². The highest BCUT2D eigenvalue weighted by Crippen LogP contribution is 2.47. The molecule has 2 N–H and O–H groups in total. The molecule has 0 saturated carbocycles. The van der Waals surface area contributed by atoms with Crippen LogP contribution in [0.3, 0.4) is 0 Å². The van der Waals surface area contributed by atoms with E-state index in [0.29, 0.717) is 12.0 Å². The number of hydrogen-bond donors (Lipinski definition) is 2. The summed E-state index contributed by atoms with van der Waals surface area (Å²) in [4.78, 5) is 23.7. The molecule has 0 aromatic carbocycles. The minimum atomic E-state index is -1.81. The lowest BCUT2D eigenvalue weighted by atomic mass is 9.71. The number of carbonyl (C=O) groups is 2. The topological polar surface area (TPSA) is 112 Å². The summed E-state index contributed by atoms with van der Waals surface area (Å²) in [5.41, 5.74) is 1.24. The van der Waals surface area contributed by atoms with Gasteiger partial charge >= 0.3 is 14.6 Å². The van der Waals surface area contributed by atoms with Crippen LogP contribution in [0.5, 0.6) is 0 Å². The van der Waals surface area contributed by atoms with Crippen molar-refractivity contribution in [1.29, 1.82) is 0 Å². The van der Waals surface area contributed by atoms with Gasteiger partial charge in [0.05, 0.1) is 6.61 Å². The number of aliphatic hydroxyl groups is 2. The summed E-state index contributed by atoms with van der Waals surface area (Å²) in [5.74, 6) is -2.42. The maximum absolute atomic E-state index is 12.6. The maximum Gasteiger partial charge on any atom is 0.377 e. The van der Waals surface area contributed by atoms with E-state index in [9.17, 15) is 19.8 Å². The van der Waals surface area contributed by atoms with Crippen LogP contribution in [-0.4, -0.2) is 47.9 Å². The smallest absolute Gasteiger partial charge is 0.377 e. The third kappa shape index (κ3) is 6.38. The molecule has 1 heterocycles. The monoisotopic (exact) mass is 446 g/mol. The van der Waals surface area contributed by atoms with E-state index >= 15 is 0 Å². The van der Waals surface area contributed by atoms with Gasteiger partial charge in [0.1, 0.15) is 6.10 Å². The van der Waals surface area contributed by atoms with Crippen molar-refractivity contribution >= 4 is 20.4 Å². The Bertz CT molecular complexity index is 695. The predicted octanol–water partition coefficient (Wildman–Crippen LogP) is 5.07. The quantitative estimate of drug-likeness (QED) is 0.393. The molecule has 172 valence electrons. The van der Waals surface area contributed by atoms with Crippen molar-refractivity contribution in [2.24, 2.45) is 5.41 Å². The molecular formula is C21H35O8P. The molecule has 1 aliphatic carbocycles. The zero-order valence-corrected chi connectivity index (χ0v) is 18.7. The second-order valence-electron chi connectivity index (χ2n) is 6.94. The number of carbonyl (C=O) groups excluding carboxylic acids is 2. The summed E-state index contributed by atoms with van der Waals surface area (Å²) in [6.45, 7) is 13.6. The summed E-state index contributed by atoms with van der Waals surface area (Å²) >= 11 is 0. The van der Waals surface area contributed by atoms with Gasteiger partial charge in [0.15, 0.2) is 17.6 Å². The van der Waals surface area contributed by atoms with Gasteiger partial charge in [-0.1, -0.05) is 47.8 Å². The Morgan fingerprint density at radius 3 is 2.37 bits per heavy atom. The molecule has 0 bridgehead atoms. The number of Topliss-reactive ketones (excluding diaryl/α,β-unsaturated/α-hetero) is 1. The maximum atomic E-state index is 12.6. The van der Waals surface area contributed by atoms with Gasteiger partial charge in [0.2, 0.25) is 5.76 Å². The molecule has 3 unspecified atom stereocenters. The number of esters is 1. The molecule has 1 aliphatic heterocycles. The molecule has 0 radical (unpaired) electrons. The van der Waals surface area contributed by atoms with Gasteiger partial charge < -0.3 is 28.5 Å². The lowest BCUT2D eigenvalue weighted by Crippen LogP contribution is -2.37. The average molecular weight is 446 g/mol. The van der Waals surface area contributed by atoms with Crippen LogP contribution in [0.4, 0.5) is 0 Å².